The van der Waals surface area contributed by atoms with Crippen molar-refractivity contribution in [1.82, 2.24) is 9.78 Å². The monoisotopic (exact) mass is 290 g/mol. The Morgan fingerprint density at radius 3 is 2.60 bits per heavy atom. The lowest BCUT2D eigenvalue weighted by Crippen LogP contribution is -2.15. The molecule has 0 saturated carbocycles. The van der Waals surface area contributed by atoms with Gasteiger partial charge in [0.15, 0.2) is 0 Å². The lowest BCUT2D eigenvalue weighted by atomic mass is 9.94. The third-order valence-electron chi connectivity index (χ3n) is 3.58. The summed E-state index contributed by atoms with van der Waals surface area (Å²) in [6.07, 6.45) is 0.323. The van der Waals surface area contributed by atoms with E-state index in [4.69, 9.17) is 11.6 Å². The van der Waals surface area contributed by atoms with E-state index in [1.54, 1.807) is 0 Å². The molecule has 20 heavy (non-hydrogen) atoms. The number of aryl methyl sites for hydroxylation is 2. The number of hydrogen-bond acceptors (Lipinski definition) is 2. The fourth-order valence-corrected chi connectivity index (χ4v) is 2.49. The van der Waals surface area contributed by atoms with Crippen LogP contribution < -0.4 is 0 Å². The molecule has 0 fully saturated rings. The summed E-state index contributed by atoms with van der Waals surface area (Å²) < 4.78 is 1.81. The van der Waals surface area contributed by atoms with E-state index in [0.717, 1.165) is 23.5 Å². The summed E-state index contributed by atoms with van der Waals surface area (Å²) in [5.74, 6) is 0.0282. The van der Waals surface area contributed by atoms with Gasteiger partial charge in [-0.3, -0.25) is 9.48 Å². The van der Waals surface area contributed by atoms with E-state index in [1.807, 2.05) is 55.8 Å². The van der Waals surface area contributed by atoms with Gasteiger partial charge in [-0.15, -0.1) is 0 Å². The van der Waals surface area contributed by atoms with Gasteiger partial charge in [0.25, 0.3) is 0 Å². The Bertz CT molecular complexity index is 604. The molecule has 0 N–H and O–H groups in total. The highest BCUT2D eigenvalue weighted by atomic mass is 35.5. The Morgan fingerprint density at radius 2 is 2.00 bits per heavy atom. The Hall–Kier alpha value is -1.61. The van der Waals surface area contributed by atoms with Crippen LogP contribution in [0.15, 0.2) is 30.3 Å². The smallest absolute Gasteiger partial charge is 0.146 e. The summed E-state index contributed by atoms with van der Waals surface area (Å²) in [6, 6.07) is 9.81. The average molecular weight is 291 g/mol. The van der Waals surface area contributed by atoms with E-state index in [-0.39, 0.29) is 11.7 Å². The minimum Gasteiger partial charge on any atom is -0.299 e. The van der Waals surface area contributed by atoms with Crippen LogP contribution in [0.1, 0.15) is 36.7 Å². The summed E-state index contributed by atoms with van der Waals surface area (Å²) >= 11 is 6.25. The SMILES string of the molecule is CCn1nc(C)c(Cl)c1CC(=O)C(C)c1ccccc1. The first-order chi connectivity index (χ1) is 9.54. The van der Waals surface area contributed by atoms with E-state index < -0.39 is 0 Å². The third-order valence-corrected chi connectivity index (χ3v) is 4.07. The first-order valence-corrected chi connectivity index (χ1v) is 7.21. The lowest BCUT2D eigenvalue weighted by Gasteiger charge is -2.11. The molecule has 0 aliphatic carbocycles. The normalized spacial score (nSPS) is 12.4. The Labute approximate surface area is 124 Å². The second-order valence-electron chi connectivity index (χ2n) is 4.94. The van der Waals surface area contributed by atoms with Gasteiger partial charge >= 0.3 is 0 Å². The molecule has 1 atom stereocenters. The first-order valence-electron chi connectivity index (χ1n) is 6.84. The van der Waals surface area contributed by atoms with Crippen molar-refractivity contribution in [2.75, 3.05) is 0 Å². The molecule has 1 heterocycles. The van der Waals surface area contributed by atoms with Crippen molar-refractivity contribution in [3.8, 4) is 0 Å². The van der Waals surface area contributed by atoms with Crippen LogP contribution in [0.3, 0.4) is 0 Å². The third kappa shape index (κ3) is 2.93. The number of benzene rings is 1. The topological polar surface area (TPSA) is 34.9 Å². The molecule has 4 heteroatoms. The zero-order chi connectivity index (χ0) is 14.7. The van der Waals surface area contributed by atoms with Crippen LogP contribution in [0.25, 0.3) is 0 Å². The van der Waals surface area contributed by atoms with E-state index in [2.05, 4.69) is 5.10 Å². The summed E-state index contributed by atoms with van der Waals surface area (Å²) in [4.78, 5) is 12.4. The van der Waals surface area contributed by atoms with Crippen LogP contribution >= 0.6 is 11.6 Å². The molecule has 106 valence electrons. The van der Waals surface area contributed by atoms with Gasteiger partial charge in [-0.25, -0.2) is 0 Å². The molecule has 1 aromatic heterocycles. The molecule has 2 aromatic rings. The van der Waals surface area contributed by atoms with Crippen LogP contribution in [0.2, 0.25) is 5.02 Å². The summed E-state index contributed by atoms with van der Waals surface area (Å²) in [6.45, 7) is 6.52. The Kier molecular flexibility index (Phi) is 4.61. The first kappa shape index (κ1) is 14.8. The number of nitrogens with zero attached hydrogens (tertiary/aromatic N) is 2. The maximum atomic E-state index is 12.4. The molecule has 1 unspecified atom stereocenters. The van der Waals surface area contributed by atoms with E-state index in [0.29, 0.717) is 11.4 Å². The lowest BCUT2D eigenvalue weighted by molar-refractivity contribution is -0.119. The summed E-state index contributed by atoms with van der Waals surface area (Å²) in [5, 5.41) is 4.96. The van der Waals surface area contributed by atoms with Crippen molar-refractivity contribution in [2.24, 2.45) is 0 Å². The van der Waals surface area contributed by atoms with Crippen LogP contribution in [-0.2, 0) is 17.8 Å². The van der Waals surface area contributed by atoms with Crippen molar-refractivity contribution in [2.45, 2.75) is 39.7 Å². The number of carbonyl (C=O) groups excluding carboxylic acids is 1. The molecule has 0 spiro atoms. The number of aromatic nitrogens is 2. The molecule has 0 radical (unpaired) electrons. The van der Waals surface area contributed by atoms with Gasteiger partial charge in [0.05, 0.1) is 22.8 Å². The molecular weight excluding hydrogens is 272 g/mol. The highest BCUT2D eigenvalue weighted by Gasteiger charge is 2.20. The van der Waals surface area contributed by atoms with Crippen molar-refractivity contribution >= 4 is 17.4 Å². The van der Waals surface area contributed by atoms with Crippen LogP contribution in [0.5, 0.6) is 0 Å². The van der Waals surface area contributed by atoms with Gasteiger partial charge in [0.2, 0.25) is 0 Å². The maximum Gasteiger partial charge on any atom is 0.146 e. The Balaban J connectivity index is 2.20. The molecule has 0 aliphatic rings. The molecular formula is C16H19ClN2O. The number of carbonyl (C=O) groups is 1. The second kappa shape index (κ2) is 6.23. The van der Waals surface area contributed by atoms with Crippen molar-refractivity contribution in [3.05, 3.63) is 52.3 Å². The van der Waals surface area contributed by atoms with E-state index in [9.17, 15) is 4.79 Å². The zero-order valence-electron chi connectivity index (χ0n) is 12.1. The summed E-state index contributed by atoms with van der Waals surface area (Å²) in [5.41, 5.74) is 2.64. The van der Waals surface area contributed by atoms with Crippen LogP contribution in [-0.4, -0.2) is 15.6 Å². The highest BCUT2D eigenvalue weighted by Crippen LogP contribution is 2.24. The maximum absolute atomic E-state index is 12.4. The molecule has 2 rings (SSSR count). The number of Topliss-reactive ketones (excluding diaryl/α,β-unsaturated/α-hetero) is 1. The average Bonchev–Trinajstić information content (AvgIpc) is 2.75. The Morgan fingerprint density at radius 1 is 1.35 bits per heavy atom. The quantitative estimate of drug-likeness (QED) is 0.840. The van der Waals surface area contributed by atoms with E-state index >= 15 is 0 Å². The predicted molar refractivity (Wildman–Crippen MR) is 81.2 cm³/mol. The molecule has 0 bridgehead atoms. The minimum atomic E-state index is -0.132. The van der Waals surface area contributed by atoms with Gasteiger partial charge < -0.3 is 0 Å². The van der Waals surface area contributed by atoms with Crippen LogP contribution in [0.4, 0.5) is 0 Å². The van der Waals surface area contributed by atoms with Gasteiger partial charge in [-0.1, -0.05) is 48.9 Å². The number of hydrogen-bond donors (Lipinski definition) is 0. The van der Waals surface area contributed by atoms with E-state index in [1.165, 1.54) is 0 Å². The zero-order valence-corrected chi connectivity index (χ0v) is 12.8. The van der Waals surface area contributed by atoms with Gasteiger partial charge in [-0.05, 0) is 19.4 Å². The largest absolute Gasteiger partial charge is 0.299 e. The fraction of sp³-hybridized carbons (Fsp3) is 0.375. The van der Waals surface area contributed by atoms with Crippen molar-refractivity contribution < 1.29 is 4.79 Å². The molecule has 1 aromatic carbocycles. The molecule has 3 nitrogen and oxygen atoms in total. The van der Waals surface area contributed by atoms with Gasteiger partial charge in [-0.2, -0.15) is 5.10 Å². The second-order valence-corrected chi connectivity index (χ2v) is 5.32. The summed E-state index contributed by atoms with van der Waals surface area (Å²) in [7, 11) is 0. The van der Waals surface area contributed by atoms with Gasteiger partial charge in [0.1, 0.15) is 5.78 Å². The van der Waals surface area contributed by atoms with Gasteiger partial charge in [0, 0.05) is 12.5 Å². The highest BCUT2D eigenvalue weighted by molar-refractivity contribution is 6.32. The number of halogens is 1. The molecule has 0 aliphatic heterocycles. The number of ketones is 1. The van der Waals surface area contributed by atoms with Crippen molar-refractivity contribution in [1.29, 1.82) is 0 Å². The molecule has 0 saturated heterocycles. The number of rotatable bonds is 5. The van der Waals surface area contributed by atoms with Crippen LogP contribution in [0, 0.1) is 6.92 Å². The minimum absolute atomic E-state index is 0.132. The molecule has 0 amide bonds. The predicted octanol–water partition coefficient (Wildman–Crippen LogP) is 3.78. The standard InChI is InChI=1S/C16H19ClN2O/c1-4-19-14(16(17)12(3)18-19)10-15(20)11(2)13-8-6-5-7-9-13/h5-9,11H,4,10H2,1-3H3. The fourth-order valence-electron chi connectivity index (χ4n) is 2.28. The van der Waals surface area contributed by atoms with Crippen molar-refractivity contribution in [3.63, 3.8) is 0 Å².